The number of carbonyl (C=O) groups excluding carboxylic acids is 1. The lowest BCUT2D eigenvalue weighted by Crippen LogP contribution is -2.40. The number of nitrogens with one attached hydrogen (secondary N) is 1. The Balaban J connectivity index is 2.15. The van der Waals surface area contributed by atoms with Crippen molar-refractivity contribution in [3.63, 3.8) is 0 Å². The van der Waals surface area contributed by atoms with Gasteiger partial charge in [-0.15, -0.1) is 0 Å². The van der Waals surface area contributed by atoms with Gasteiger partial charge in [0, 0.05) is 41.2 Å². The van der Waals surface area contributed by atoms with E-state index in [9.17, 15) is 4.79 Å². The third kappa shape index (κ3) is 2.44. The molecule has 1 aliphatic rings. The van der Waals surface area contributed by atoms with Crippen LogP contribution in [0.3, 0.4) is 0 Å². The van der Waals surface area contributed by atoms with Crippen LogP contribution in [-0.4, -0.2) is 36.1 Å². The van der Waals surface area contributed by atoms with E-state index in [0.29, 0.717) is 16.6 Å². The summed E-state index contributed by atoms with van der Waals surface area (Å²) in [6.45, 7) is 2.77. The first kappa shape index (κ1) is 16.1. The molecule has 1 amide bonds. The van der Waals surface area contributed by atoms with Crippen LogP contribution in [-0.2, 0) is 16.0 Å². The smallest absolute Gasteiger partial charge is 0.249 e. The van der Waals surface area contributed by atoms with E-state index in [0.717, 1.165) is 33.1 Å². The molecule has 4 nitrogen and oxygen atoms in total. The lowest BCUT2D eigenvalue weighted by molar-refractivity contribution is -0.137. The number of amides is 1. The zero-order valence-electron chi connectivity index (χ0n) is 12.2. The average Bonchev–Trinajstić information content (AvgIpc) is 2.86. The van der Waals surface area contributed by atoms with Crippen LogP contribution in [0.1, 0.15) is 24.2 Å². The van der Waals surface area contributed by atoms with Gasteiger partial charge in [0.1, 0.15) is 6.61 Å². The maximum atomic E-state index is 12.2. The Kier molecular flexibility index (Phi) is 4.42. The zero-order chi connectivity index (χ0) is 16.0. The summed E-state index contributed by atoms with van der Waals surface area (Å²) in [6, 6.07) is 1.75. The topological polar surface area (TPSA) is 45.3 Å². The summed E-state index contributed by atoms with van der Waals surface area (Å²) >= 11 is 16.0. The van der Waals surface area contributed by atoms with Crippen LogP contribution in [0.15, 0.2) is 10.5 Å². The third-order valence-electron chi connectivity index (χ3n) is 4.12. The molecule has 2 aromatic rings. The van der Waals surface area contributed by atoms with E-state index in [1.54, 1.807) is 6.07 Å². The summed E-state index contributed by atoms with van der Waals surface area (Å²) in [5.74, 6) is -0.00816. The summed E-state index contributed by atoms with van der Waals surface area (Å²) < 4.78 is 5.85. The highest BCUT2D eigenvalue weighted by atomic mass is 79.9. The van der Waals surface area contributed by atoms with Gasteiger partial charge in [0.05, 0.1) is 21.6 Å². The molecule has 1 aromatic carbocycles. The molecule has 0 bridgehead atoms. The van der Waals surface area contributed by atoms with Crippen molar-refractivity contribution < 1.29 is 9.53 Å². The molecular weight excluding hydrogens is 391 g/mol. The van der Waals surface area contributed by atoms with Crippen molar-refractivity contribution >= 4 is 55.9 Å². The second-order valence-electron chi connectivity index (χ2n) is 5.37. The van der Waals surface area contributed by atoms with Crippen LogP contribution in [0.4, 0.5) is 0 Å². The lowest BCUT2D eigenvalue weighted by atomic mass is 9.97. The van der Waals surface area contributed by atoms with E-state index in [1.807, 2.05) is 11.8 Å². The molecule has 22 heavy (non-hydrogen) atoms. The molecule has 1 N–H and O–H groups in total. The largest absolute Gasteiger partial charge is 0.375 e. The second kappa shape index (κ2) is 6.04. The molecule has 0 saturated heterocycles. The maximum Gasteiger partial charge on any atom is 0.249 e. The van der Waals surface area contributed by atoms with Crippen molar-refractivity contribution in [3.8, 4) is 0 Å². The van der Waals surface area contributed by atoms with Crippen molar-refractivity contribution in [1.82, 2.24) is 9.88 Å². The predicted octanol–water partition coefficient (Wildman–Crippen LogP) is 4.33. The third-order valence-corrected chi connectivity index (χ3v) is 5.53. The fourth-order valence-electron chi connectivity index (χ4n) is 3.13. The summed E-state index contributed by atoms with van der Waals surface area (Å²) in [6.07, 6.45) is 0.754. The fourth-order valence-corrected chi connectivity index (χ4v) is 4.30. The number of aromatic amines is 1. The SMILES string of the molecule is COCC(=O)N1CCc2[nH]c3c(Cl)c(Cl)cc(Br)c3c2[C@H]1C. The van der Waals surface area contributed by atoms with Gasteiger partial charge in [-0.3, -0.25) is 4.79 Å². The first-order valence-electron chi connectivity index (χ1n) is 6.92. The van der Waals surface area contributed by atoms with Crippen LogP contribution in [0.5, 0.6) is 0 Å². The van der Waals surface area contributed by atoms with Crippen molar-refractivity contribution in [2.75, 3.05) is 20.3 Å². The van der Waals surface area contributed by atoms with Crippen molar-refractivity contribution in [1.29, 1.82) is 0 Å². The molecule has 1 aromatic heterocycles. The molecule has 0 saturated carbocycles. The first-order valence-corrected chi connectivity index (χ1v) is 8.47. The fraction of sp³-hybridized carbons (Fsp3) is 0.400. The van der Waals surface area contributed by atoms with E-state index >= 15 is 0 Å². The van der Waals surface area contributed by atoms with Gasteiger partial charge in [-0.2, -0.15) is 0 Å². The number of hydrogen-bond acceptors (Lipinski definition) is 2. The molecule has 2 heterocycles. The standard InChI is InChI=1S/C15H15BrCl2N2O2/c1-7-12-10(3-4-20(7)11(21)6-22-2)19-15-13(12)8(16)5-9(17)14(15)18/h5,7,19H,3-4,6H2,1-2H3/t7-/m1/s1. The summed E-state index contributed by atoms with van der Waals surface area (Å²) in [4.78, 5) is 17.4. The highest BCUT2D eigenvalue weighted by molar-refractivity contribution is 9.10. The van der Waals surface area contributed by atoms with Gasteiger partial charge in [-0.05, 0) is 13.0 Å². The van der Waals surface area contributed by atoms with Gasteiger partial charge >= 0.3 is 0 Å². The second-order valence-corrected chi connectivity index (χ2v) is 7.01. The number of ether oxygens (including phenoxy) is 1. The number of H-pyrrole nitrogens is 1. The van der Waals surface area contributed by atoms with Gasteiger partial charge in [0.2, 0.25) is 5.91 Å². The van der Waals surface area contributed by atoms with Crippen molar-refractivity contribution in [3.05, 3.63) is 31.8 Å². The maximum absolute atomic E-state index is 12.2. The van der Waals surface area contributed by atoms with Gasteiger partial charge in [-0.25, -0.2) is 0 Å². The van der Waals surface area contributed by atoms with Crippen LogP contribution < -0.4 is 0 Å². The van der Waals surface area contributed by atoms with E-state index in [4.69, 9.17) is 27.9 Å². The number of nitrogens with zero attached hydrogens (tertiary/aromatic N) is 1. The van der Waals surface area contributed by atoms with Gasteiger partial charge in [0.15, 0.2) is 0 Å². The Bertz CT molecular complexity index is 760. The molecule has 7 heteroatoms. The minimum atomic E-state index is -0.0475. The van der Waals surface area contributed by atoms with E-state index < -0.39 is 0 Å². The van der Waals surface area contributed by atoms with Crippen LogP contribution in [0, 0.1) is 0 Å². The summed E-state index contributed by atoms with van der Waals surface area (Å²) in [5, 5.41) is 2.00. The van der Waals surface area contributed by atoms with Crippen LogP contribution in [0.25, 0.3) is 10.9 Å². The van der Waals surface area contributed by atoms with E-state index in [-0.39, 0.29) is 18.6 Å². The molecule has 0 fully saturated rings. The Labute approximate surface area is 146 Å². The average molecular weight is 406 g/mol. The minimum Gasteiger partial charge on any atom is -0.375 e. The monoisotopic (exact) mass is 404 g/mol. The Morgan fingerprint density at radius 2 is 2.27 bits per heavy atom. The minimum absolute atomic E-state index is 0.00816. The normalized spacial score (nSPS) is 17.9. The Morgan fingerprint density at radius 3 is 2.95 bits per heavy atom. The van der Waals surface area contributed by atoms with Crippen LogP contribution >= 0.6 is 39.1 Å². The van der Waals surface area contributed by atoms with E-state index in [2.05, 4.69) is 20.9 Å². The number of fused-ring (bicyclic) bond motifs is 3. The molecule has 0 unspecified atom stereocenters. The number of halogens is 3. The lowest BCUT2D eigenvalue weighted by Gasteiger charge is -2.34. The number of hydrogen-bond donors (Lipinski definition) is 1. The molecule has 118 valence electrons. The Hall–Kier alpha value is -0.750. The quantitative estimate of drug-likeness (QED) is 0.755. The Morgan fingerprint density at radius 1 is 1.55 bits per heavy atom. The highest BCUT2D eigenvalue weighted by Crippen LogP contribution is 2.43. The summed E-state index contributed by atoms with van der Waals surface area (Å²) in [7, 11) is 1.53. The number of methoxy groups -OCH3 is 1. The zero-order valence-corrected chi connectivity index (χ0v) is 15.3. The van der Waals surface area contributed by atoms with Crippen molar-refractivity contribution in [2.24, 2.45) is 0 Å². The first-order chi connectivity index (χ1) is 10.5. The molecular formula is C15H15BrCl2N2O2. The highest BCUT2D eigenvalue weighted by Gasteiger charge is 2.32. The molecule has 1 aliphatic heterocycles. The molecule has 0 aliphatic carbocycles. The van der Waals surface area contributed by atoms with E-state index in [1.165, 1.54) is 7.11 Å². The number of benzene rings is 1. The van der Waals surface area contributed by atoms with Gasteiger partial charge in [-0.1, -0.05) is 39.1 Å². The van der Waals surface area contributed by atoms with Gasteiger partial charge < -0.3 is 14.6 Å². The summed E-state index contributed by atoms with van der Waals surface area (Å²) in [5.41, 5.74) is 3.02. The number of rotatable bonds is 2. The predicted molar refractivity (Wildman–Crippen MR) is 91.7 cm³/mol. The number of aromatic nitrogens is 1. The van der Waals surface area contributed by atoms with Crippen molar-refractivity contribution in [2.45, 2.75) is 19.4 Å². The van der Waals surface area contributed by atoms with Gasteiger partial charge in [0.25, 0.3) is 0 Å². The number of carbonyl (C=O) groups is 1. The molecule has 0 radical (unpaired) electrons. The van der Waals surface area contributed by atoms with Crippen LogP contribution in [0.2, 0.25) is 10.0 Å². The molecule has 3 rings (SSSR count). The molecule has 0 spiro atoms. The molecule has 1 atom stereocenters.